The van der Waals surface area contributed by atoms with Gasteiger partial charge in [0.05, 0.1) is 18.1 Å². The summed E-state index contributed by atoms with van der Waals surface area (Å²) >= 11 is 0. The van der Waals surface area contributed by atoms with Crippen LogP contribution in [0, 0.1) is 0 Å². The minimum atomic E-state index is -3.92. The highest BCUT2D eigenvalue weighted by Crippen LogP contribution is 2.21. The van der Waals surface area contributed by atoms with Crippen LogP contribution in [-0.4, -0.2) is 27.6 Å². The van der Waals surface area contributed by atoms with Crippen LogP contribution < -0.4 is 9.46 Å². The van der Waals surface area contributed by atoms with E-state index in [1.165, 1.54) is 12.1 Å². The lowest BCUT2D eigenvalue weighted by Gasteiger charge is -2.18. The number of ether oxygens (including phenoxy) is 2. The number of esters is 1. The van der Waals surface area contributed by atoms with Gasteiger partial charge in [-0.3, -0.25) is 0 Å². The second kappa shape index (κ2) is 10.1. The fourth-order valence-electron chi connectivity index (χ4n) is 2.40. The minimum Gasteiger partial charge on any atom is -0.494 e. The highest BCUT2D eigenvalue weighted by molar-refractivity contribution is 7.89. The van der Waals surface area contributed by atoms with Gasteiger partial charge in [0.25, 0.3) is 0 Å². The number of hydrogen-bond acceptors (Lipinski definition) is 5. The summed E-state index contributed by atoms with van der Waals surface area (Å²) in [5.41, 5.74) is 0.513. The third-order valence-electron chi connectivity index (χ3n) is 3.83. The van der Waals surface area contributed by atoms with E-state index in [0.717, 1.165) is 12.8 Å². The molecule has 0 fully saturated rings. The summed E-state index contributed by atoms with van der Waals surface area (Å²) in [5.74, 6) is -0.0424. The van der Waals surface area contributed by atoms with Crippen LogP contribution in [0.5, 0.6) is 5.75 Å². The first-order chi connectivity index (χ1) is 13.0. The Morgan fingerprint density at radius 1 is 1.04 bits per heavy atom. The molecular formula is C20H25NO5S. The Hall–Kier alpha value is -2.38. The summed E-state index contributed by atoms with van der Waals surface area (Å²) in [4.78, 5) is 12.3. The average molecular weight is 391 g/mol. The molecule has 0 aliphatic carbocycles. The summed E-state index contributed by atoms with van der Waals surface area (Å²) in [6, 6.07) is 13.6. The van der Waals surface area contributed by atoms with Gasteiger partial charge in [-0.15, -0.1) is 0 Å². The molecule has 2 rings (SSSR count). The van der Waals surface area contributed by atoms with E-state index in [2.05, 4.69) is 11.6 Å². The van der Waals surface area contributed by atoms with Crippen LogP contribution in [0.25, 0.3) is 0 Å². The molecule has 27 heavy (non-hydrogen) atoms. The fraction of sp³-hybridized carbons (Fsp3) is 0.350. The standard InChI is InChI=1S/C20H25NO5S/c1-3-5-15-26-17-11-13-18(14-12-17)27(23,24)21-19(20(22)25-4-2)16-9-7-6-8-10-16/h6-14,19,21H,3-5,15H2,1-2H3. The van der Waals surface area contributed by atoms with E-state index in [9.17, 15) is 13.2 Å². The van der Waals surface area contributed by atoms with Crippen LogP contribution in [0.3, 0.4) is 0 Å². The molecule has 146 valence electrons. The summed E-state index contributed by atoms with van der Waals surface area (Å²) < 4.78 is 38.5. The molecule has 2 aromatic carbocycles. The molecule has 7 heteroatoms. The number of carbonyl (C=O) groups is 1. The molecule has 2 aromatic rings. The van der Waals surface area contributed by atoms with Gasteiger partial charge in [0.2, 0.25) is 10.0 Å². The van der Waals surface area contributed by atoms with E-state index in [-0.39, 0.29) is 11.5 Å². The summed E-state index contributed by atoms with van der Waals surface area (Å²) in [6.07, 6.45) is 1.95. The lowest BCUT2D eigenvalue weighted by atomic mass is 10.1. The van der Waals surface area contributed by atoms with Crippen molar-refractivity contribution in [2.24, 2.45) is 0 Å². The van der Waals surface area contributed by atoms with Gasteiger partial charge < -0.3 is 9.47 Å². The van der Waals surface area contributed by atoms with E-state index >= 15 is 0 Å². The van der Waals surface area contributed by atoms with Gasteiger partial charge in [0.1, 0.15) is 11.8 Å². The number of hydrogen-bond donors (Lipinski definition) is 1. The van der Waals surface area contributed by atoms with Crippen molar-refractivity contribution in [2.45, 2.75) is 37.6 Å². The molecule has 1 N–H and O–H groups in total. The van der Waals surface area contributed by atoms with Gasteiger partial charge in [-0.2, -0.15) is 4.72 Å². The highest BCUT2D eigenvalue weighted by atomic mass is 32.2. The Morgan fingerprint density at radius 2 is 1.70 bits per heavy atom. The van der Waals surface area contributed by atoms with Crippen molar-refractivity contribution in [3.05, 3.63) is 60.2 Å². The maximum absolute atomic E-state index is 12.7. The average Bonchev–Trinajstić information content (AvgIpc) is 2.68. The van der Waals surface area contributed by atoms with Crippen LogP contribution in [0.1, 0.15) is 38.3 Å². The van der Waals surface area contributed by atoms with Gasteiger partial charge in [0, 0.05) is 0 Å². The van der Waals surface area contributed by atoms with Crippen LogP contribution in [0.4, 0.5) is 0 Å². The number of nitrogens with one attached hydrogen (secondary N) is 1. The van der Waals surface area contributed by atoms with Crippen molar-refractivity contribution in [3.63, 3.8) is 0 Å². The summed E-state index contributed by atoms with van der Waals surface area (Å²) in [7, 11) is -3.92. The van der Waals surface area contributed by atoms with Gasteiger partial charge >= 0.3 is 5.97 Å². The van der Waals surface area contributed by atoms with Crippen LogP contribution >= 0.6 is 0 Å². The van der Waals surface area contributed by atoms with E-state index in [0.29, 0.717) is 17.9 Å². The van der Waals surface area contributed by atoms with Crippen molar-refractivity contribution in [2.75, 3.05) is 13.2 Å². The van der Waals surface area contributed by atoms with Gasteiger partial charge in [-0.05, 0) is 43.2 Å². The Balaban J connectivity index is 2.19. The number of unbranched alkanes of at least 4 members (excludes halogenated alkanes) is 1. The molecule has 0 saturated carbocycles. The quantitative estimate of drug-likeness (QED) is 0.496. The predicted molar refractivity (Wildman–Crippen MR) is 103 cm³/mol. The SMILES string of the molecule is CCCCOc1ccc(S(=O)(=O)NC(C(=O)OCC)c2ccccc2)cc1. The van der Waals surface area contributed by atoms with E-state index in [1.54, 1.807) is 49.4 Å². The fourth-order valence-corrected chi connectivity index (χ4v) is 3.57. The molecule has 0 aliphatic rings. The lowest BCUT2D eigenvalue weighted by molar-refractivity contribution is -0.145. The first-order valence-electron chi connectivity index (χ1n) is 8.94. The van der Waals surface area contributed by atoms with E-state index < -0.39 is 22.0 Å². The Labute approximate surface area is 160 Å². The Bertz CT molecular complexity index is 819. The zero-order valence-corrected chi connectivity index (χ0v) is 16.4. The third kappa shape index (κ3) is 6.08. The molecule has 1 unspecified atom stereocenters. The van der Waals surface area contributed by atoms with Gasteiger partial charge in [0.15, 0.2) is 0 Å². The van der Waals surface area contributed by atoms with Crippen LogP contribution in [-0.2, 0) is 19.6 Å². The van der Waals surface area contributed by atoms with Crippen molar-refractivity contribution in [3.8, 4) is 5.75 Å². The smallest absolute Gasteiger partial charge is 0.328 e. The molecular weight excluding hydrogens is 366 g/mol. The van der Waals surface area contributed by atoms with Crippen molar-refractivity contribution in [1.82, 2.24) is 4.72 Å². The molecule has 0 bridgehead atoms. The normalized spacial score (nSPS) is 12.4. The molecule has 6 nitrogen and oxygen atoms in total. The molecule has 0 amide bonds. The Kier molecular flexibility index (Phi) is 7.82. The largest absolute Gasteiger partial charge is 0.494 e. The zero-order valence-electron chi connectivity index (χ0n) is 15.6. The van der Waals surface area contributed by atoms with Gasteiger partial charge in [-0.25, -0.2) is 13.2 Å². The van der Waals surface area contributed by atoms with Crippen molar-refractivity contribution < 1.29 is 22.7 Å². The number of sulfonamides is 1. The monoisotopic (exact) mass is 391 g/mol. The maximum Gasteiger partial charge on any atom is 0.328 e. The molecule has 0 aromatic heterocycles. The number of rotatable bonds is 10. The summed E-state index contributed by atoms with van der Waals surface area (Å²) in [5, 5.41) is 0. The topological polar surface area (TPSA) is 81.7 Å². The maximum atomic E-state index is 12.7. The van der Waals surface area contributed by atoms with E-state index in [4.69, 9.17) is 9.47 Å². The Morgan fingerprint density at radius 3 is 2.30 bits per heavy atom. The molecule has 0 aliphatic heterocycles. The van der Waals surface area contributed by atoms with Crippen LogP contribution in [0.2, 0.25) is 0 Å². The second-order valence-corrected chi connectivity index (χ2v) is 7.60. The molecule has 1 atom stereocenters. The molecule has 0 saturated heterocycles. The molecule has 0 heterocycles. The van der Waals surface area contributed by atoms with Crippen molar-refractivity contribution in [1.29, 1.82) is 0 Å². The van der Waals surface area contributed by atoms with Crippen LogP contribution in [0.15, 0.2) is 59.5 Å². The number of carbonyl (C=O) groups excluding carboxylic acids is 1. The second-order valence-electron chi connectivity index (χ2n) is 5.89. The highest BCUT2D eigenvalue weighted by Gasteiger charge is 2.28. The van der Waals surface area contributed by atoms with Gasteiger partial charge in [-0.1, -0.05) is 43.7 Å². The first-order valence-corrected chi connectivity index (χ1v) is 10.4. The van der Waals surface area contributed by atoms with E-state index in [1.807, 2.05) is 0 Å². The summed E-state index contributed by atoms with van der Waals surface area (Å²) in [6.45, 7) is 4.48. The zero-order chi connectivity index (χ0) is 19.7. The molecule has 0 spiro atoms. The number of benzene rings is 2. The first kappa shape index (κ1) is 20.9. The molecule has 0 radical (unpaired) electrons. The van der Waals surface area contributed by atoms with Crippen molar-refractivity contribution >= 4 is 16.0 Å². The third-order valence-corrected chi connectivity index (χ3v) is 5.27. The minimum absolute atomic E-state index is 0.0515. The lowest BCUT2D eigenvalue weighted by Crippen LogP contribution is -2.35. The predicted octanol–water partition coefficient (Wildman–Crippen LogP) is 3.45.